The van der Waals surface area contributed by atoms with E-state index in [0.29, 0.717) is 24.1 Å². The van der Waals surface area contributed by atoms with Gasteiger partial charge in [-0.3, -0.25) is 4.79 Å². The molecule has 2 aromatic heterocycles. The number of carbonyl (C=O) groups is 1. The zero-order valence-electron chi connectivity index (χ0n) is 17.0. The van der Waals surface area contributed by atoms with Crippen molar-refractivity contribution in [1.82, 2.24) is 9.55 Å². The molecule has 1 aliphatic rings. The Hall–Kier alpha value is -2.60. The summed E-state index contributed by atoms with van der Waals surface area (Å²) in [6.45, 7) is 4.54. The van der Waals surface area contributed by atoms with Gasteiger partial charge in [0.1, 0.15) is 12.4 Å². The van der Waals surface area contributed by atoms with Crippen LogP contribution in [0, 0.1) is 13.8 Å². The monoisotopic (exact) mass is 409 g/mol. The summed E-state index contributed by atoms with van der Waals surface area (Å²) >= 11 is 1.54. The molecule has 1 saturated carbocycles. The lowest BCUT2D eigenvalue weighted by atomic mass is 9.95. The Bertz CT molecular complexity index is 972. The van der Waals surface area contributed by atoms with Crippen LogP contribution in [0.1, 0.15) is 65.6 Å². The smallest absolute Gasteiger partial charge is 0.257 e. The van der Waals surface area contributed by atoms with Crippen LogP contribution in [0.4, 0.5) is 5.69 Å². The van der Waals surface area contributed by atoms with Gasteiger partial charge in [0.05, 0.1) is 22.5 Å². The molecule has 1 fully saturated rings. The SMILES string of the molecule is Cc1cc(C(=O)Nc2ccccc2OCc2cscn2)c(C)n1C1CCCCC1. The molecule has 0 bridgehead atoms. The first-order valence-corrected chi connectivity index (χ1v) is 11.2. The van der Waals surface area contributed by atoms with E-state index in [0.717, 1.165) is 22.6 Å². The average Bonchev–Trinajstić information content (AvgIpc) is 3.35. The minimum atomic E-state index is -0.0927. The minimum Gasteiger partial charge on any atom is -0.485 e. The van der Waals surface area contributed by atoms with Crippen LogP contribution < -0.4 is 10.1 Å². The van der Waals surface area contributed by atoms with E-state index in [1.165, 1.54) is 32.1 Å². The number of nitrogens with one attached hydrogen (secondary N) is 1. The summed E-state index contributed by atoms with van der Waals surface area (Å²) in [4.78, 5) is 17.3. The molecule has 1 aromatic carbocycles. The maximum atomic E-state index is 13.1. The van der Waals surface area contributed by atoms with Crippen LogP contribution in [0.5, 0.6) is 5.75 Å². The van der Waals surface area contributed by atoms with Crippen molar-refractivity contribution < 1.29 is 9.53 Å². The first-order valence-electron chi connectivity index (χ1n) is 10.2. The topological polar surface area (TPSA) is 56.1 Å². The molecule has 1 aliphatic carbocycles. The van der Waals surface area contributed by atoms with Gasteiger partial charge < -0.3 is 14.6 Å². The summed E-state index contributed by atoms with van der Waals surface area (Å²) in [5, 5.41) is 5.01. The normalized spacial score (nSPS) is 14.7. The number of nitrogens with zero attached hydrogens (tertiary/aromatic N) is 2. The van der Waals surface area contributed by atoms with E-state index < -0.39 is 0 Å². The predicted octanol–water partition coefficient (Wildman–Crippen LogP) is 5.90. The molecule has 0 unspecified atom stereocenters. The van der Waals surface area contributed by atoms with Gasteiger partial charge in [0.2, 0.25) is 0 Å². The number of hydrogen-bond donors (Lipinski definition) is 1. The van der Waals surface area contributed by atoms with Crippen molar-refractivity contribution in [2.24, 2.45) is 0 Å². The lowest BCUT2D eigenvalue weighted by Crippen LogP contribution is -2.17. The van der Waals surface area contributed by atoms with Gasteiger partial charge in [-0.2, -0.15) is 0 Å². The van der Waals surface area contributed by atoms with Crippen LogP contribution >= 0.6 is 11.3 Å². The third-order valence-corrected chi connectivity index (χ3v) is 6.30. The van der Waals surface area contributed by atoms with Crippen LogP contribution in [0.25, 0.3) is 0 Å². The fourth-order valence-corrected chi connectivity index (χ4v) is 4.80. The first kappa shape index (κ1) is 19.7. The molecule has 152 valence electrons. The highest BCUT2D eigenvalue weighted by molar-refractivity contribution is 7.07. The summed E-state index contributed by atoms with van der Waals surface area (Å²) < 4.78 is 8.26. The predicted molar refractivity (Wildman–Crippen MR) is 117 cm³/mol. The van der Waals surface area contributed by atoms with E-state index in [1.54, 1.807) is 16.8 Å². The molecule has 0 aliphatic heterocycles. The molecular formula is C23H27N3O2S. The van der Waals surface area contributed by atoms with Gasteiger partial charge >= 0.3 is 0 Å². The maximum Gasteiger partial charge on any atom is 0.257 e. The number of aryl methyl sites for hydroxylation is 1. The number of benzene rings is 1. The standard InChI is InChI=1S/C23H27N3O2S/c1-16-12-20(17(2)26(16)19-8-4-3-5-9-19)23(27)25-21-10-6-7-11-22(21)28-13-18-14-29-15-24-18/h6-7,10-12,14-15,19H,3-5,8-9,13H2,1-2H3,(H,25,27). The van der Waals surface area contributed by atoms with Crippen molar-refractivity contribution in [1.29, 1.82) is 0 Å². The number of para-hydroxylation sites is 2. The first-order chi connectivity index (χ1) is 14.1. The molecule has 0 radical (unpaired) electrons. The minimum absolute atomic E-state index is 0.0927. The summed E-state index contributed by atoms with van der Waals surface area (Å²) in [6, 6.07) is 10.1. The third kappa shape index (κ3) is 4.37. The van der Waals surface area contributed by atoms with Gasteiger partial charge in [-0.15, -0.1) is 11.3 Å². The Morgan fingerprint density at radius 1 is 1.24 bits per heavy atom. The number of amides is 1. The largest absolute Gasteiger partial charge is 0.485 e. The molecule has 1 N–H and O–H groups in total. The fraction of sp³-hybridized carbons (Fsp3) is 0.391. The van der Waals surface area contributed by atoms with Crippen molar-refractivity contribution in [2.75, 3.05) is 5.32 Å². The zero-order chi connectivity index (χ0) is 20.2. The quantitative estimate of drug-likeness (QED) is 0.551. The average molecular weight is 410 g/mol. The molecule has 5 nitrogen and oxygen atoms in total. The fourth-order valence-electron chi connectivity index (χ4n) is 4.25. The van der Waals surface area contributed by atoms with E-state index in [-0.39, 0.29) is 5.91 Å². The van der Waals surface area contributed by atoms with E-state index in [2.05, 4.69) is 28.7 Å². The highest BCUT2D eigenvalue weighted by Gasteiger charge is 2.23. The number of hydrogen-bond acceptors (Lipinski definition) is 4. The molecule has 0 saturated heterocycles. The molecule has 1 amide bonds. The third-order valence-electron chi connectivity index (χ3n) is 5.66. The van der Waals surface area contributed by atoms with Crippen molar-refractivity contribution in [2.45, 2.75) is 58.6 Å². The van der Waals surface area contributed by atoms with E-state index in [9.17, 15) is 4.79 Å². The van der Waals surface area contributed by atoms with Crippen LogP contribution in [0.2, 0.25) is 0 Å². The Kier molecular flexibility index (Phi) is 6.00. The summed E-state index contributed by atoms with van der Waals surface area (Å²) in [5.74, 6) is 0.555. The van der Waals surface area contributed by atoms with Crippen molar-refractivity contribution in [3.05, 3.63) is 63.9 Å². The van der Waals surface area contributed by atoms with E-state index >= 15 is 0 Å². The Morgan fingerprint density at radius 2 is 2.03 bits per heavy atom. The lowest BCUT2D eigenvalue weighted by Gasteiger charge is -2.26. The second-order valence-electron chi connectivity index (χ2n) is 7.67. The number of thiazole rings is 1. The number of aromatic nitrogens is 2. The molecule has 4 rings (SSSR count). The number of carbonyl (C=O) groups excluding carboxylic acids is 1. The Morgan fingerprint density at radius 3 is 2.79 bits per heavy atom. The van der Waals surface area contributed by atoms with Crippen LogP contribution in [-0.4, -0.2) is 15.5 Å². The molecule has 2 heterocycles. The van der Waals surface area contributed by atoms with Gasteiger partial charge in [0.15, 0.2) is 0 Å². The molecular weight excluding hydrogens is 382 g/mol. The molecule has 0 spiro atoms. The highest BCUT2D eigenvalue weighted by atomic mass is 32.1. The number of rotatable bonds is 6. The van der Waals surface area contributed by atoms with Gasteiger partial charge in [0, 0.05) is 22.8 Å². The van der Waals surface area contributed by atoms with Crippen molar-refractivity contribution in [3.8, 4) is 5.75 Å². The van der Waals surface area contributed by atoms with E-state index in [4.69, 9.17) is 4.74 Å². The second kappa shape index (κ2) is 8.82. The number of ether oxygens (including phenoxy) is 1. The zero-order valence-corrected chi connectivity index (χ0v) is 17.8. The van der Waals surface area contributed by atoms with Gasteiger partial charge in [-0.1, -0.05) is 31.4 Å². The van der Waals surface area contributed by atoms with Crippen LogP contribution in [0.15, 0.2) is 41.2 Å². The molecule has 3 aromatic rings. The molecule has 29 heavy (non-hydrogen) atoms. The maximum absolute atomic E-state index is 13.1. The van der Waals surface area contributed by atoms with Crippen molar-refractivity contribution >= 4 is 22.9 Å². The highest BCUT2D eigenvalue weighted by Crippen LogP contribution is 2.33. The van der Waals surface area contributed by atoms with Crippen LogP contribution in [-0.2, 0) is 6.61 Å². The molecule has 0 atom stereocenters. The Labute approximate surface area is 175 Å². The van der Waals surface area contributed by atoms with Gasteiger partial charge in [0.25, 0.3) is 5.91 Å². The summed E-state index contributed by atoms with van der Waals surface area (Å²) in [6.07, 6.45) is 6.26. The van der Waals surface area contributed by atoms with E-state index in [1.807, 2.05) is 35.7 Å². The lowest BCUT2D eigenvalue weighted by molar-refractivity contribution is 0.102. The summed E-state index contributed by atoms with van der Waals surface area (Å²) in [7, 11) is 0. The van der Waals surface area contributed by atoms with Gasteiger partial charge in [-0.25, -0.2) is 4.98 Å². The van der Waals surface area contributed by atoms with Crippen molar-refractivity contribution in [3.63, 3.8) is 0 Å². The van der Waals surface area contributed by atoms with Crippen LogP contribution in [0.3, 0.4) is 0 Å². The second-order valence-corrected chi connectivity index (χ2v) is 8.38. The summed E-state index contributed by atoms with van der Waals surface area (Å²) in [5.41, 5.74) is 6.29. The molecule has 6 heteroatoms. The Balaban J connectivity index is 1.51. The number of anilines is 1. The van der Waals surface area contributed by atoms with Gasteiger partial charge in [-0.05, 0) is 44.9 Å².